The zero-order chi connectivity index (χ0) is 26.7. The Bertz CT molecular complexity index is 701. The minimum absolute atomic E-state index is 0.115. The molecule has 0 heterocycles. The highest BCUT2D eigenvalue weighted by Crippen LogP contribution is 2.20. The van der Waals surface area contributed by atoms with Crippen molar-refractivity contribution in [3.63, 3.8) is 0 Å². The van der Waals surface area contributed by atoms with Crippen LogP contribution >= 0.6 is 23.5 Å². The Hall–Kier alpha value is -2.15. The highest BCUT2D eigenvalue weighted by Gasteiger charge is 2.29. The van der Waals surface area contributed by atoms with Crippen molar-refractivity contribution in [2.75, 3.05) is 36.2 Å². The molecule has 0 spiro atoms. The van der Waals surface area contributed by atoms with Gasteiger partial charge in [-0.3, -0.25) is 9.59 Å². The molecule has 2 unspecified atom stereocenters. The van der Waals surface area contributed by atoms with Crippen molar-refractivity contribution in [1.29, 1.82) is 0 Å². The fourth-order valence-corrected chi connectivity index (χ4v) is 4.17. The third-order valence-corrected chi connectivity index (χ3v) is 5.98. The molecule has 0 saturated carbocycles. The van der Waals surface area contributed by atoms with Gasteiger partial charge in [0.05, 0.1) is 32.5 Å². The first-order valence-corrected chi connectivity index (χ1v) is 13.0. The van der Waals surface area contributed by atoms with E-state index in [4.69, 9.17) is 14.2 Å². The molecule has 0 saturated heterocycles. The van der Waals surface area contributed by atoms with Crippen LogP contribution in [0.15, 0.2) is 25.3 Å². The van der Waals surface area contributed by atoms with E-state index >= 15 is 0 Å². The number of alkyl halides is 3. The van der Waals surface area contributed by atoms with Gasteiger partial charge in [0.15, 0.2) is 0 Å². The van der Waals surface area contributed by atoms with Gasteiger partial charge in [-0.25, -0.2) is 9.59 Å². The van der Waals surface area contributed by atoms with E-state index in [1.54, 1.807) is 0 Å². The Morgan fingerprint density at radius 3 is 1.63 bits per heavy atom. The molecule has 0 aromatic carbocycles. The number of thioether (sulfide) groups is 2. The van der Waals surface area contributed by atoms with Crippen LogP contribution < -0.4 is 0 Å². The van der Waals surface area contributed by atoms with Crippen molar-refractivity contribution in [3.05, 3.63) is 25.3 Å². The molecule has 35 heavy (non-hydrogen) atoms. The minimum atomic E-state index is -4.41. The lowest BCUT2D eigenvalue weighted by Gasteiger charge is -2.26. The average Bonchev–Trinajstić information content (AvgIpc) is 2.80. The topological polar surface area (TPSA) is 105 Å². The summed E-state index contributed by atoms with van der Waals surface area (Å²) in [6.45, 7) is 8.12. The summed E-state index contributed by atoms with van der Waals surface area (Å²) in [7, 11) is 0. The van der Waals surface area contributed by atoms with Gasteiger partial charge in [0.1, 0.15) is 12.2 Å². The molecule has 0 fully saturated rings. The van der Waals surface area contributed by atoms with E-state index in [-0.39, 0.29) is 36.1 Å². The molecule has 8 nitrogen and oxygen atoms in total. The summed E-state index contributed by atoms with van der Waals surface area (Å²) in [5.41, 5.74) is 0. The van der Waals surface area contributed by atoms with Crippen LogP contribution in [0.1, 0.15) is 32.6 Å². The summed E-state index contributed by atoms with van der Waals surface area (Å²) in [4.78, 5) is 46.8. The van der Waals surface area contributed by atoms with Crippen LogP contribution in [0.5, 0.6) is 0 Å². The van der Waals surface area contributed by atoms with Crippen LogP contribution in [0.25, 0.3) is 0 Å². The van der Waals surface area contributed by atoms with E-state index in [2.05, 4.69) is 17.9 Å². The van der Waals surface area contributed by atoms with Crippen LogP contribution in [0.4, 0.5) is 13.2 Å². The van der Waals surface area contributed by atoms with Crippen LogP contribution in [0.2, 0.25) is 0 Å². The molecule has 0 aliphatic carbocycles. The monoisotopic (exact) mass is 544 g/mol. The molecule has 0 radical (unpaired) electrons. The van der Waals surface area contributed by atoms with Gasteiger partial charge in [-0.1, -0.05) is 20.1 Å². The zero-order valence-electron chi connectivity index (χ0n) is 19.5. The van der Waals surface area contributed by atoms with Gasteiger partial charge >= 0.3 is 30.1 Å². The number of rotatable bonds is 19. The highest BCUT2D eigenvalue weighted by molar-refractivity contribution is 7.99. The summed E-state index contributed by atoms with van der Waals surface area (Å²) >= 11 is 2.45. The molecule has 0 rings (SSSR count). The molecule has 0 aromatic heterocycles. The standard InChI is InChI=1S/C22H31F3O8S2/c1-4-10-30-20(28)7-12-34-14-16(32-18(26)5-2)17(33-19(27)6-3)15-35-13-8-21(29)31-11-9-22(23,24)25/h5-6,16-17H,2-4,7-15H2,1H3. The summed E-state index contributed by atoms with van der Waals surface area (Å²) in [5, 5.41) is 0. The van der Waals surface area contributed by atoms with Crippen molar-refractivity contribution < 1.29 is 51.3 Å². The molecule has 0 aliphatic heterocycles. The van der Waals surface area contributed by atoms with Crippen molar-refractivity contribution in [3.8, 4) is 0 Å². The van der Waals surface area contributed by atoms with Crippen molar-refractivity contribution in [1.82, 2.24) is 0 Å². The largest absolute Gasteiger partial charge is 0.466 e. The molecule has 2 atom stereocenters. The lowest BCUT2D eigenvalue weighted by Crippen LogP contribution is -2.38. The van der Waals surface area contributed by atoms with Gasteiger partial charge in [0, 0.05) is 35.2 Å². The van der Waals surface area contributed by atoms with Gasteiger partial charge in [-0.2, -0.15) is 36.7 Å². The van der Waals surface area contributed by atoms with E-state index < -0.39 is 49.3 Å². The second-order valence-corrected chi connectivity index (χ2v) is 9.11. The fourth-order valence-electron chi connectivity index (χ4n) is 2.18. The Morgan fingerprint density at radius 1 is 0.829 bits per heavy atom. The van der Waals surface area contributed by atoms with Gasteiger partial charge in [-0.05, 0) is 6.42 Å². The maximum atomic E-state index is 12.1. The first kappa shape index (κ1) is 32.8. The second-order valence-electron chi connectivity index (χ2n) is 6.81. The van der Waals surface area contributed by atoms with E-state index in [1.807, 2.05) is 6.92 Å². The minimum Gasteiger partial charge on any atom is -0.466 e. The SMILES string of the molecule is C=CC(=O)OC(CSCCC(=O)OCCC)C(CSCCC(=O)OCCC(F)(F)F)OC(=O)C=C. The third kappa shape index (κ3) is 18.8. The van der Waals surface area contributed by atoms with Crippen molar-refractivity contribution >= 4 is 47.4 Å². The first-order valence-electron chi connectivity index (χ1n) is 10.7. The third-order valence-electron chi connectivity index (χ3n) is 3.86. The fraction of sp³-hybridized carbons (Fsp3) is 0.636. The van der Waals surface area contributed by atoms with Crippen molar-refractivity contribution in [2.45, 2.75) is 51.0 Å². The number of carbonyl (C=O) groups is 4. The second kappa shape index (κ2) is 19.1. The maximum absolute atomic E-state index is 12.1. The molecule has 0 N–H and O–H groups in total. The molecular weight excluding hydrogens is 513 g/mol. The molecule has 200 valence electrons. The number of hydrogen-bond donors (Lipinski definition) is 0. The normalized spacial score (nSPS) is 12.7. The highest BCUT2D eigenvalue weighted by atomic mass is 32.2. The summed E-state index contributed by atoms with van der Waals surface area (Å²) in [6.07, 6.45) is -4.86. The molecular formula is C22H31F3O8S2. The van der Waals surface area contributed by atoms with Crippen molar-refractivity contribution in [2.24, 2.45) is 0 Å². The quantitative estimate of drug-likeness (QED) is 0.103. The summed E-state index contributed by atoms with van der Waals surface area (Å²) < 4.78 is 56.5. The summed E-state index contributed by atoms with van der Waals surface area (Å²) in [5.74, 6) is -1.78. The number of halogens is 3. The molecule has 13 heteroatoms. The number of hydrogen-bond acceptors (Lipinski definition) is 10. The van der Waals surface area contributed by atoms with Gasteiger partial charge in [0.25, 0.3) is 0 Å². The van der Waals surface area contributed by atoms with Crippen LogP contribution in [-0.2, 0) is 38.1 Å². The lowest BCUT2D eigenvalue weighted by atomic mass is 10.2. The molecule has 0 aliphatic rings. The number of carbonyl (C=O) groups excluding carboxylic acids is 4. The van der Waals surface area contributed by atoms with Crippen LogP contribution in [0, 0.1) is 0 Å². The van der Waals surface area contributed by atoms with E-state index in [0.29, 0.717) is 18.8 Å². The summed E-state index contributed by atoms with van der Waals surface area (Å²) in [6, 6.07) is 0. The Kier molecular flexibility index (Phi) is 17.9. The Labute approximate surface area is 211 Å². The van der Waals surface area contributed by atoms with E-state index in [1.165, 1.54) is 11.8 Å². The lowest BCUT2D eigenvalue weighted by molar-refractivity contribution is -0.158. The molecule has 0 aromatic rings. The first-order chi connectivity index (χ1) is 16.5. The van der Waals surface area contributed by atoms with E-state index in [9.17, 15) is 32.3 Å². The number of esters is 4. The van der Waals surface area contributed by atoms with Crippen LogP contribution in [0.3, 0.4) is 0 Å². The molecule has 0 amide bonds. The number of ether oxygens (including phenoxy) is 4. The smallest absolute Gasteiger partial charge is 0.392 e. The zero-order valence-corrected chi connectivity index (χ0v) is 21.1. The predicted molar refractivity (Wildman–Crippen MR) is 127 cm³/mol. The van der Waals surface area contributed by atoms with Gasteiger partial charge in [0.2, 0.25) is 0 Å². The van der Waals surface area contributed by atoms with Crippen LogP contribution in [-0.4, -0.2) is 78.5 Å². The Morgan fingerprint density at radius 2 is 1.26 bits per heavy atom. The maximum Gasteiger partial charge on any atom is 0.392 e. The molecule has 0 bridgehead atoms. The average molecular weight is 545 g/mol. The van der Waals surface area contributed by atoms with Gasteiger partial charge in [-0.15, -0.1) is 0 Å². The predicted octanol–water partition coefficient (Wildman–Crippen LogP) is 3.88. The van der Waals surface area contributed by atoms with Gasteiger partial charge < -0.3 is 18.9 Å². The Balaban J connectivity index is 4.84. The van der Waals surface area contributed by atoms with E-state index in [0.717, 1.165) is 23.9 Å².